The normalized spacial score (nSPS) is 13.9. The summed E-state index contributed by atoms with van der Waals surface area (Å²) in [5.41, 5.74) is 2.28. The second kappa shape index (κ2) is 10.5. The van der Waals surface area contributed by atoms with Crippen LogP contribution in [0.3, 0.4) is 0 Å². The van der Waals surface area contributed by atoms with Crippen LogP contribution in [0.25, 0.3) is 16.7 Å². The number of hydrogen-bond donors (Lipinski definition) is 0. The minimum atomic E-state index is -0.262. The van der Waals surface area contributed by atoms with Gasteiger partial charge in [-0.1, -0.05) is 41.9 Å². The first kappa shape index (κ1) is 25.1. The zero-order chi connectivity index (χ0) is 26.9. The van der Waals surface area contributed by atoms with Gasteiger partial charge in [0.1, 0.15) is 11.6 Å². The van der Waals surface area contributed by atoms with E-state index in [9.17, 15) is 14.0 Å². The van der Waals surface area contributed by atoms with E-state index in [4.69, 9.17) is 11.6 Å². The van der Waals surface area contributed by atoms with Crippen LogP contribution in [0.1, 0.15) is 17.8 Å². The zero-order valence-corrected chi connectivity index (χ0v) is 21.9. The lowest BCUT2D eigenvalue weighted by molar-refractivity contribution is -0.131. The van der Waals surface area contributed by atoms with Gasteiger partial charge < -0.3 is 9.80 Å². The highest BCUT2D eigenvalue weighted by Gasteiger charge is 2.23. The number of amides is 1. The van der Waals surface area contributed by atoms with Gasteiger partial charge in [-0.2, -0.15) is 0 Å². The highest BCUT2D eigenvalue weighted by molar-refractivity contribution is 6.31. The Morgan fingerprint density at radius 1 is 0.897 bits per heavy atom. The fourth-order valence-electron chi connectivity index (χ4n) is 5.16. The Morgan fingerprint density at radius 3 is 2.38 bits per heavy atom. The van der Waals surface area contributed by atoms with E-state index >= 15 is 0 Å². The van der Waals surface area contributed by atoms with Gasteiger partial charge in [-0.25, -0.2) is 4.39 Å². The van der Waals surface area contributed by atoms with Crippen molar-refractivity contribution >= 4 is 39.9 Å². The summed E-state index contributed by atoms with van der Waals surface area (Å²) < 4.78 is 16.7. The van der Waals surface area contributed by atoms with Crippen molar-refractivity contribution in [3.63, 3.8) is 0 Å². The minimum absolute atomic E-state index is 0.0409. The van der Waals surface area contributed by atoms with Gasteiger partial charge in [0.25, 0.3) is 5.56 Å². The number of rotatable bonds is 6. The third-order valence-electron chi connectivity index (χ3n) is 7.25. The monoisotopic (exact) mass is 544 g/mol. The Balaban J connectivity index is 1.23. The maximum atomic E-state index is 13.4. The standard InChI is InChI=1S/C29H26ClFN6O2/c30-24-7-3-1-5-20(24)19-36-28(39)23-6-2-4-8-25(23)37-26(32-33-29(36)37)13-14-27(38)35-17-15-34(16-18-35)22-11-9-21(31)10-12-22/h1-12H,13-19H2. The van der Waals surface area contributed by atoms with Gasteiger partial charge in [0, 0.05) is 49.7 Å². The molecule has 6 rings (SSSR count). The minimum Gasteiger partial charge on any atom is -0.368 e. The van der Waals surface area contributed by atoms with Crippen molar-refractivity contribution < 1.29 is 9.18 Å². The molecule has 0 bridgehead atoms. The summed E-state index contributed by atoms with van der Waals surface area (Å²) in [6, 6.07) is 21.2. The molecule has 3 heterocycles. The molecule has 1 aliphatic rings. The topological polar surface area (TPSA) is 75.7 Å². The molecular weight excluding hydrogens is 519 g/mol. The maximum Gasteiger partial charge on any atom is 0.263 e. The van der Waals surface area contributed by atoms with Crippen LogP contribution in [0.4, 0.5) is 10.1 Å². The quantitative estimate of drug-likeness (QED) is 0.321. The zero-order valence-electron chi connectivity index (χ0n) is 21.1. The summed E-state index contributed by atoms with van der Waals surface area (Å²) in [4.78, 5) is 30.6. The number of hydrogen-bond acceptors (Lipinski definition) is 5. The molecule has 0 saturated carbocycles. The fourth-order valence-corrected chi connectivity index (χ4v) is 5.35. The fraction of sp³-hybridized carbons (Fsp3) is 0.241. The van der Waals surface area contributed by atoms with E-state index in [0.29, 0.717) is 60.1 Å². The van der Waals surface area contributed by atoms with Crippen LogP contribution in [0.5, 0.6) is 0 Å². The van der Waals surface area contributed by atoms with Crippen LogP contribution in [0, 0.1) is 5.82 Å². The number of carbonyl (C=O) groups is 1. The smallest absolute Gasteiger partial charge is 0.263 e. The van der Waals surface area contributed by atoms with E-state index in [1.807, 2.05) is 45.7 Å². The number of nitrogens with zero attached hydrogens (tertiary/aromatic N) is 6. The Hall–Kier alpha value is -4.24. The average molecular weight is 545 g/mol. The number of fused-ring (bicyclic) bond motifs is 3. The first-order valence-corrected chi connectivity index (χ1v) is 13.2. The second-order valence-electron chi connectivity index (χ2n) is 9.60. The lowest BCUT2D eigenvalue weighted by Crippen LogP contribution is -2.48. The van der Waals surface area contributed by atoms with Crippen LogP contribution in [-0.4, -0.2) is 56.2 Å². The lowest BCUT2D eigenvalue weighted by Gasteiger charge is -2.36. The number of para-hydroxylation sites is 1. The molecular formula is C29H26ClFN6O2. The molecule has 1 aliphatic heterocycles. The Bertz CT molecular complexity index is 1720. The van der Waals surface area contributed by atoms with E-state index < -0.39 is 0 Å². The number of aryl methyl sites for hydroxylation is 1. The van der Waals surface area contributed by atoms with E-state index in [-0.39, 0.29) is 30.2 Å². The molecule has 0 N–H and O–H groups in total. The first-order chi connectivity index (χ1) is 19.0. The van der Waals surface area contributed by atoms with Crippen LogP contribution < -0.4 is 10.5 Å². The van der Waals surface area contributed by atoms with Gasteiger partial charge in [0.15, 0.2) is 0 Å². The molecule has 0 spiro atoms. The third-order valence-corrected chi connectivity index (χ3v) is 7.62. The molecule has 2 aromatic heterocycles. The molecule has 0 aliphatic carbocycles. The highest BCUT2D eigenvalue weighted by Crippen LogP contribution is 2.21. The van der Waals surface area contributed by atoms with E-state index in [1.54, 1.807) is 28.8 Å². The lowest BCUT2D eigenvalue weighted by atomic mass is 10.2. The van der Waals surface area contributed by atoms with Crippen molar-refractivity contribution in [3.05, 3.63) is 105 Å². The molecule has 1 amide bonds. The summed E-state index contributed by atoms with van der Waals surface area (Å²) in [7, 11) is 0. The molecule has 3 aromatic carbocycles. The van der Waals surface area contributed by atoms with Gasteiger partial charge in [-0.3, -0.25) is 18.6 Å². The number of halogens is 2. The largest absolute Gasteiger partial charge is 0.368 e. The summed E-state index contributed by atoms with van der Waals surface area (Å²) in [6.07, 6.45) is 0.655. The van der Waals surface area contributed by atoms with Crippen LogP contribution >= 0.6 is 11.6 Å². The Labute approximate surface area is 228 Å². The van der Waals surface area contributed by atoms with Crippen LogP contribution in [0.15, 0.2) is 77.6 Å². The number of benzene rings is 3. The van der Waals surface area contributed by atoms with Crippen LogP contribution in [-0.2, 0) is 17.8 Å². The van der Waals surface area contributed by atoms with Crippen molar-refractivity contribution in [2.24, 2.45) is 0 Å². The second-order valence-corrected chi connectivity index (χ2v) is 10.0. The molecule has 0 atom stereocenters. The van der Waals surface area contributed by atoms with Crippen LogP contribution in [0.2, 0.25) is 5.02 Å². The average Bonchev–Trinajstić information content (AvgIpc) is 3.39. The van der Waals surface area contributed by atoms with E-state index in [1.165, 1.54) is 12.1 Å². The Kier molecular flexibility index (Phi) is 6.74. The molecule has 0 unspecified atom stereocenters. The molecule has 39 heavy (non-hydrogen) atoms. The molecule has 198 valence electrons. The molecule has 0 radical (unpaired) electrons. The predicted molar refractivity (Wildman–Crippen MR) is 149 cm³/mol. The Morgan fingerprint density at radius 2 is 1.62 bits per heavy atom. The SMILES string of the molecule is O=C(CCc1nnc2n(Cc3ccccc3Cl)c(=O)c3ccccc3n12)N1CCN(c2ccc(F)cc2)CC1. The van der Waals surface area contributed by atoms with Gasteiger partial charge in [-0.15, -0.1) is 10.2 Å². The molecule has 8 nitrogen and oxygen atoms in total. The number of piperazine rings is 1. The summed E-state index contributed by atoms with van der Waals surface area (Å²) in [6.45, 7) is 2.81. The maximum absolute atomic E-state index is 13.4. The predicted octanol–water partition coefficient (Wildman–Crippen LogP) is 4.17. The van der Waals surface area contributed by atoms with Crippen molar-refractivity contribution in [1.29, 1.82) is 0 Å². The molecule has 5 aromatic rings. The van der Waals surface area contributed by atoms with Gasteiger partial charge in [-0.05, 0) is 48.0 Å². The first-order valence-electron chi connectivity index (χ1n) is 12.9. The molecule has 10 heteroatoms. The van der Waals surface area contributed by atoms with Crippen molar-refractivity contribution in [3.8, 4) is 0 Å². The summed E-state index contributed by atoms with van der Waals surface area (Å²) in [5, 5.41) is 9.88. The van der Waals surface area contributed by atoms with Gasteiger partial charge >= 0.3 is 0 Å². The highest BCUT2D eigenvalue weighted by atomic mass is 35.5. The molecule has 1 fully saturated rings. The van der Waals surface area contributed by atoms with Gasteiger partial charge in [0.2, 0.25) is 11.7 Å². The van der Waals surface area contributed by atoms with E-state index in [2.05, 4.69) is 15.1 Å². The number of carbonyl (C=O) groups excluding carboxylic acids is 1. The molecule has 1 saturated heterocycles. The number of anilines is 1. The number of aromatic nitrogens is 4. The van der Waals surface area contributed by atoms with E-state index in [0.717, 1.165) is 11.3 Å². The van der Waals surface area contributed by atoms with Crippen molar-refractivity contribution in [2.45, 2.75) is 19.4 Å². The van der Waals surface area contributed by atoms with Crippen molar-refractivity contribution in [2.75, 3.05) is 31.1 Å². The summed E-state index contributed by atoms with van der Waals surface area (Å²) >= 11 is 6.39. The van der Waals surface area contributed by atoms with Crippen molar-refractivity contribution in [1.82, 2.24) is 24.1 Å². The third kappa shape index (κ3) is 4.85. The summed E-state index contributed by atoms with van der Waals surface area (Å²) in [5.74, 6) is 0.808. The van der Waals surface area contributed by atoms with Gasteiger partial charge in [0.05, 0.1) is 17.4 Å².